The van der Waals surface area contributed by atoms with Crippen molar-refractivity contribution in [3.63, 3.8) is 0 Å². The van der Waals surface area contributed by atoms with Gasteiger partial charge in [-0.25, -0.2) is 0 Å². The van der Waals surface area contributed by atoms with E-state index in [1.807, 2.05) is 0 Å². The second-order valence-corrected chi connectivity index (χ2v) is 8.76. The molecule has 0 amide bonds. The summed E-state index contributed by atoms with van der Waals surface area (Å²) < 4.78 is 5.47. The summed E-state index contributed by atoms with van der Waals surface area (Å²) in [7, 11) is 2.16. The van der Waals surface area contributed by atoms with E-state index in [4.69, 9.17) is 4.74 Å². The zero-order valence-corrected chi connectivity index (χ0v) is 18.9. The first-order valence-corrected chi connectivity index (χ1v) is 12.2. The molecule has 0 aromatic heterocycles. The second kappa shape index (κ2) is 18.2. The summed E-state index contributed by atoms with van der Waals surface area (Å²) in [5.74, 6) is 0.589. The molecule has 164 valence electrons. The van der Waals surface area contributed by atoms with E-state index in [9.17, 15) is 4.79 Å². The Morgan fingerprint density at radius 2 is 1.39 bits per heavy atom. The summed E-state index contributed by atoms with van der Waals surface area (Å²) in [6.45, 7) is 5.18. The average molecular weight is 394 g/mol. The van der Waals surface area contributed by atoms with Gasteiger partial charge in [-0.05, 0) is 71.0 Å². The molecule has 0 saturated carbocycles. The molecule has 0 aliphatic carbocycles. The van der Waals surface area contributed by atoms with Crippen LogP contribution in [0.1, 0.15) is 110 Å². The number of likely N-dealkylation sites (tertiary alicyclic amines) is 1. The summed E-state index contributed by atoms with van der Waals surface area (Å²) in [5.41, 5.74) is 0. The first kappa shape index (κ1) is 25.2. The quantitative estimate of drug-likeness (QED) is 0.153. The summed E-state index contributed by atoms with van der Waals surface area (Å²) >= 11 is 0. The Bertz CT molecular complexity index is 386. The molecule has 0 aromatic carbocycles. The number of allylic oxidation sites excluding steroid dienone is 2. The third-order valence-corrected chi connectivity index (χ3v) is 5.96. The van der Waals surface area contributed by atoms with E-state index in [0.29, 0.717) is 18.9 Å². The predicted octanol–water partition coefficient (Wildman–Crippen LogP) is 6.91. The zero-order valence-electron chi connectivity index (χ0n) is 18.9. The highest BCUT2D eigenvalue weighted by Crippen LogP contribution is 2.16. The summed E-state index contributed by atoms with van der Waals surface area (Å²) in [6.07, 6.45) is 24.4. The zero-order chi connectivity index (χ0) is 20.3. The van der Waals surface area contributed by atoms with E-state index in [0.717, 1.165) is 38.8 Å². The molecule has 28 heavy (non-hydrogen) atoms. The Kier molecular flexibility index (Phi) is 16.4. The Morgan fingerprint density at radius 1 is 0.857 bits per heavy atom. The van der Waals surface area contributed by atoms with Crippen molar-refractivity contribution in [1.82, 2.24) is 4.90 Å². The van der Waals surface area contributed by atoms with Crippen LogP contribution in [0.5, 0.6) is 0 Å². The third kappa shape index (κ3) is 15.1. The minimum Gasteiger partial charge on any atom is -0.465 e. The van der Waals surface area contributed by atoms with Crippen molar-refractivity contribution in [2.24, 2.45) is 5.92 Å². The van der Waals surface area contributed by atoms with Crippen LogP contribution < -0.4 is 0 Å². The highest BCUT2D eigenvalue weighted by molar-refractivity contribution is 5.69. The molecule has 0 radical (unpaired) electrons. The minimum atomic E-state index is 0.0107. The monoisotopic (exact) mass is 393 g/mol. The van der Waals surface area contributed by atoms with Gasteiger partial charge in [-0.3, -0.25) is 4.79 Å². The number of rotatable bonds is 17. The van der Waals surface area contributed by atoms with Gasteiger partial charge in [-0.15, -0.1) is 0 Å². The standard InChI is InChI=1S/C25H47NO2/c1-3-4-5-6-7-8-9-10-11-12-13-14-15-16-17-18-25(27)28-23-24-19-21-26(2)22-20-24/h10-11,24H,3-9,12-23H2,1-2H3/b11-10-. The largest absolute Gasteiger partial charge is 0.465 e. The van der Waals surface area contributed by atoms with Crippen LogP contribution in [0.15, 0.2) is 12.2 Å². The Hall–Kier alpha value is -0.830. The topological polar surface area (TPSA) is 29.5 Å². The van der Waals surface area contributed by atoms with Gasteiger partial charge in [-0.1, -0.05) is 70.4 Å². The molecule has 3 nitrogen and oxygen atoms in total. The van der Waals surface area contributed by atoms with Gasteiger partial charge in [0.15, 0.2) is 0 Å². The van der Waals surface area contributed by atoms with Crippen molar-refractivity contribution in [3.8, 4) is 0 Å². The molecular formula is C25H47NO2. The fraction of sp³-hybridized carbons (Fsp3) is 0.880. The molecule has 1 heterocycles. The molecule has 0 spiro atoms. The Labute approximate surface area is 175 Å². The molecule has 1 saturated heterocycles. The number of hydrogen-bond acceptors (Lipinski definition) is 3. The molecule has 1 fully saturated rings. The fourth-order valence-corrected chi connectivity index (χ4v) is 3.85. The highest BCUT2D eigenvalue weighted by atomic mass is 16.5. The number of carbonyl (C=O) groups excluding carboxylic acids is 1. The van der Waals surface area contributed by atoms with Gasteiger partial charge in [0.2, 0.25) is 0 Å². The van der Waals surface area contributed by atoms with E-state index in [2.05, 4.69) is 31.0 Å². The van der Waals surface area contributed by atoms with Gasteiger partial charge in [0.05, 0.1) is 6.61 Å². The molecule has 3 heteroatoms. The van der Waals surface area contributed by atoms with E-state index >= 15 is 0 Å². The van der Waals surface area contributed by atoms with E-state index in [1.54, 1.807) is 0 Å². The van der Waals surface area contributed by atoms with Crippen molar-refractivity contribution >= 4 is 5.97 Å². The normalized spacial score (nSPS) is 16.1. The van der Waals surface area contributed by atoms with Crippen LogP contribution in [-0.4, -0.2) is 37.6 Å². The number of unbranched alkanes of at least 4 members (excludes halogenated alkanes) is 11. The number of hydrogen-bond donors (Lipinski definition) is 0. The number of nitrogens with zero attached hydrogens (tertiary/aromatic N) is 1. The number of esters is 1. The third-order valence-electron chi connectivity index (χ3n) is 5.96. The van der Waals surface area contributed by atoms with E-state index in [-0.39, 0.29) is 5.97 Å². The first-order chi connectivity index (χ1) is 13.7. The molecule has 1 aliphatic rings. The fourth-order valence-electron chi connectivity index (χ4n) is 3.85. The molecule has 1 aliphatic heterocycles. The van der Waals surface area contributed by atoms with Gasteiger partial charge in [0.1, 0.15) is 0 Å². The molecule has 0 aromatic rings. The van der Waals surface area contributed by atoms with Crippen LogP contribution in [0.2, 0.25) is 0 Å². The Morgan fingerprint density at radius 3 is 2.00 bits per heavy atom. The van der Waals surface area contributed by atoms with E-state index < -0.39 is 0 Å². The summed E-state index contributed by atoms with van der Waals surface area (Å²) in [6, 6.07) is 0. The maximum Gasteiger partial charge on any atom is 0.305 e. The van der Waals surface area contributed by atoms with Gasteiger partial charge in [0.25, 0.3) is 0 Å². The average Bonchev–Trinajstić information content (AvgIpc) is 2.70. The molecule has 0 unspecified atom stereocenters. The van der Waals surface area contributed by atoms with Crippen molar-refractivity contribution in [2.75, 3.05) is 26.7 Å². The first-order valence-electron chi connectivity index (χ1n) is 12.2. The Balaban J connectivity index is 1.79. The van der Waals surface area contributed by atoms with Gasteiger partial charge < -0.3 is 9.64 Å². The summed E-state index contributed by atoms with van der Waals surface area (Å²) in [4.78, 5) is 14.2. The number of ether oxygens (including phenoxy) is 1. The van der Waals surface area contributed by atoms with Crippen molar-refractivity contribution in [2.45, 2.75) is 110 Å². The maximum atomic E-state index is 11.8. The lowest BCUT2D eigenvalue weighted by molar-refractivity contribution is -0.145. The number of piperidine rings is 1. The minimum absolute atomic E-state index is 0.0107. The molecule has 0 bridgehead atoms. The van der Waals surface area contributed by atoms with Crippen molar-refractivity contribution in [3.05, 3.63) is 12.2 Å². The van der Waals surface area contributed by atoms with Gasteiger partial charge in [-0.2, -0.15) is 0 Å². The second-order valence-electron chi connectivity index (χ2n) is 8.76. The van der Waals surface area contributed by atoms with E-state index in [1.165, 1.54) is 70.6 Å². The molecule has 0 atom stereocenters. The van der Waals surface area contributed by atoms with Crippen LogP contribution >= 0.6 is 0 Å². The van der Waals surface area contributed by atoms with Crippen LogP contribution in [0.4, 0.5) is 0 Å². The van der Waals surface area contributed by atoms with Crippen molar-refractivity contribution < 1.29 is 9.53 Å². The van der Waals surface area contributed by atoms with Gasteiger partial charge in [0, 0.05) is 6.42 Å². The van der Waals surface area contributed by atoms with Gasteiger partial charge >= 0.3 is 5.97 Å². The molecule has 0 N–H and O–H groups in total. The predicted molar refractivity (Wildman–Crippen MR) is 121 cm³/mol. The van der Waals surface area contributed by atoms with Crippen LogP contribution in [0.25, 0.3) is 0 Å². The van der Waals surface area contributed by atoms with Crippen LogP contribution in [0.3, 0.4) is 0 Å². The molecule has 1 rings (SSSR count). The number of carbonyl (C=O) groups is 1. The SMILES string of the molecule is CCCCCCCC/C=C\CCCCCCCC(=O)OCC1CCN(C)CC1. The highest BCUT2D eigenvalue weighted by Gasteiger charge is 2.18. The van der Waals surface area contributed by atoms with Crippen molar-refractivity contribution in [1.29, 1.82) is 0 Å². The van der Waals surface area contributed by atoms with Crippen LogP contribution in [-0.2, 0) is 9.53 Å². The lowest BCUT2D eigenvalue weighted by Gasteiger charge is -2.28. The molecular weight excluding hydrogens is 346 g/mol. The van der Waals surface area contributed by atoms with Crippen LogP contribution in [0, 0.1) is 5.92 Å². The lowest BCUT2D eigenvalue weighted by Crippen LogP contribution is -2.32. The smallest absolute Gasteiger partial charge is 0.305 e. The summed E-state index contributed by atoms with van der Waals surface area (Å²) in [5, 5.41) is 0. The maximum absolute atomic E-state index is 11.8. The lowest BCUT2D eigenvalue weighted by atomic mass is 9.98.